The molecule has 4 unspecified atom stereocenters. The molecule has 4 aromatic rings. The first-order chi connectivity index (χ1) is 24.7. The maximum atomic E-state index is 10.7. The fourth-order valence-corrected chi connectivity index (χ4v) is 5.33. The van der Waals surface area contributed by atoms with Crippen LogP contribution in [0.15, 0.2) is 97.1 Å². The summed E-state index contributed by atoms with van der Waals surface area (Å²) in [5.41, 5.74) is 4.73. The fourth-order valence-electron chi connectivity index (χ4n) is 5.33. The van der Waals surface area contributed by atoms with E-state index in [4.69, 9.17) is 0 Å². The van der Waals surface area contributed by atoms with Gasteiger partial charge in [-0.2, -0.15) is 0 Å². The number of rotatable bonds is 12. The molecule has 8 nitrogen and oxygen atoms in total. The standard InChI is InChI=1S/4C11H14O2.Pb/c4*1-3-8(2)9-6-4-5-7-10(9)11(12)13;/h4*4-8H,3H2,1-2H3,(H,12,13);/p-4. The van der Waals surface area contributed by atoms with Crippen molar-refractivity contribution < 1.29 is 39.6 Å². The van der Waals surface area contributed by atoms with E-state index in [0.29, 0.717) is 22.3 Å². The zero-order valence-electron chi connectivity index (χ0n) is 32.1. The van der Waals surface area contributed by atoms with Crippen LogP contribution in [0.3, 0.4) is 0 Å². The van der Waals surface area contributed by atoms with Crippen LogP contribution in [0.4, 0.5) is 0 Å². The van der Waals surface area contributed by atoms with Crippen LogP contribution in [0, 0.1) is 0 Å². The first-order valence-electron chi connectivity index (χ1n) is 17.9. The second-order valence-corrected chi connectivity index (χ2v) is 12.7. The molecular weight excluding hydrogens is 864 g/mol. The third kappa shape index (κ3) is 15.7. The first-order valence-corrected chi connectivity index (χ1v) is 17.9. The van der Waals surface area contributed by atoms with E-state index in [0.717, 1.165) is 47.9 Å². The largest absolute Gasteiger partial charge is 0.545 e. The van der Waals surface area contributed by atoms with Crippen LogP contribution in [0.25, 0.3) is 0 Å². The third-order valence-electron chi connectivity index (χ3n) is 9.30. The van der Waals surface area contributed by atoms with Crippen molar-refractivity contribution in [3.8, 4) is 0 Å². The predicted molar refractivity (Wildman–Crippen MR) is 204 cm³/mol. The van der Waals surface area contributed by atoms with Crippen LogP contribution in [-0.2, 0) is 0 Å². The minimum atomic E-state index is -1.09. The second-order valence-electron chi connectivity index (χ2n) is 12.7. The van der Waals surface area contributed by atoms with E-state index in [9.17, 15) is 39.6 Å². The minimum absolute atomic E-state index is 0. The molecule has 0 spiro atoms. The molecule has 284 valence electrons. The third-order valence-corrected chi connectivity index (χ3v) is 9.30. The van der Waals surface area contributed by atoms with Crippen molar-refractivity contribution in [2.75, 3.05) is 0 Å². The molecule has 4 atom stereocenters. The van der Waals surface area contributed by atoms with Gasteiger partial charge in [-0.25, -0.2) is 0 Å². The Morgan fingerprint density at radius 2 is 0.528 bits per heavy atom. The van der Waals surface area contributed by atoms with Gasteiger partial charge in [0.25, 0.3) is 0 Å². The molecule has 0 aliphatic heterocycles. The van der Waals surface area contributed by atoms with Gasteiger partial charge < -0.3 is 39.6 Å². The number of hydrogen-bond acceptors (Lipinski definition) is 8. The molecule has 4 radical (unpaired) electrons. The molecule has 0 saturated carbocycles. The zero-order chi connectivity index (χ0) is 39.4. The van der Waals surface area contributed by atoms with Crippen molar-refractivity contribution >= 4 is 51.2 Å². The maximum Gasteiger partial charge on any atom is 0.0718 e. The summed E-state index contributed by atoms with van der Waals surface area (Å²) in [4.78, 5) is 42.9. The topological polar surface area (TPSA) is 161 Å². The maximum absolute atomic E-state index is 10.7. The molecule has 0 saturated heterocycles. The Morgan fingerprint density at radius 3 is 0.660 bits per heavy atom. The van der Waals surface area contributed by atoms with Crippen molar-refractivity contribution in [1.82, 2.24) is 0 Å². The van der Waals surface area contributed by atoms with Crippen LogP contribution in [0.2, 0.25) is 0 Å². The van der Waals surface area contributed by atoms with Crippen molar-refractivity contribution in [2.24, 2.45) is 0 Å². The number of carboxylic acid groups (broad SMARTS) is 4. The van der Waals surface area contributed by atoms with Crippen LogP contribution in [-0.4, -0.2) is 51.2 Å². The zero-order valence-corrected chi connectivity index (χ0v) is 36.0. The Bertz CT molecular complexity index is 1480. The Kier molecular flexibility index (Phi) is 23.5. The van der Waals surface area contributed by atoms with Gasteiger partial charge in [0.2, 0.25) is 0 Å². The molecule has 9 heteroatoms. The Labute approximate surface area is 335 Å². The summed E-state index contributed by atoms with van der Waals surface area (Å²) >= 11 is 0. The summed E-state index contributed by atoms with van der Waals surface area (Å²) in [5, 5.41) is 42.9. The van der Waals surface area contributed by atoms with Crippen LogP contribution in [0.5, 0.6) is 0 Å². The molecule has 53 heavy (non-hydrogen) atoms. The average Bonchev–Trinajstić information content (AvgIpc) is 3.17. The Hall–Kier alpha value is -4.32. The molecule has 0 amide bonds. The van der Waals surface area contributed by atoms with Gasteiger partial charge >= 0.3 is 0 Å². The van der Waals surface area contributed by atoms with Gasteiger partial charge in [-0.3, -0.25) is 0 Å². The molecule has 0 aromatic heterocycles. The van der Waals surface area contributed by atoms with E-state index in [1.54, 1.807) is 48.5 Å². The molecular formula is C44H52O8Pb-4. The fraction of sp³-hybridized carbons (Fsp3) is 0.364. The molecule has 0 aliphatic rings. The second kappa shape index (κ2) is 25.6. The van der Waals surface area contributed by atoms with Crippen molar-refractivity contribution in [1.29, 1.82) is 0 Å². The Morgan fingerprint density at radius 1 is 0.377 bits per heavy atom. The van der Waals surface area contributed by atoms with Gasteiger partial charge in [-0.1, -0.05) is 152 Å². The number of carbonyl (C=O) groups excluding carboxylic acids is 4. The normalized spacial score (nSPS) is 12.2. The van der Waals surface area contributed by atoms with E-state index in [1.165, 1.54) is 0 Å². The first kappa shape index (κ1) is 48.7. The van der Waals surface area contributed by atoms with Crippen LogP contribution < -0.4 is 20.4 Å². The molecule has 4 rings (SSSR count). The summed E-state index contributed by atoms with van der Waals surface area (Å²) in [7, 11) is 0. The van der Waals surface area contributed by atoms with Gasteiger partial charge in [-0.05, 0) is 71.6 Å². The van der Waals surface area contributed by atoms with Crippen molar-refractivity contribution in [2.45, 2.75) is 105 Å². The summed E-state index contributed by atoms with van der Waals surface area (Å²) in [6, 6.07) is 28.1. The van der Waals surface area contributed by atoms with Gasteiger partial charge in [0, 0.05) is 49.6 Å². The molecule has 4 aromatic carbocycles. The van der Waals surface area contributed by atoms with Gasteiger partial charge in [0.05, 0.1) is 23.9 Å². The van der Waals surface area contributed by atoms with Gasteiger partial charge in [-0.15, -0.1) is 0 Å². The monoisotopic (exact) mass is 916 g/mol. The number of benzene rings is 4. The summed E-state index contributed by atoms with van der Waals surface area (Å²) in [6.07, 6.45) is 3.74. The summed E-state index contributed by atoms with van der Waals surface area (Å²) < 4.78 is 0. The minimum Gasteiger partial charge on any atom is -0.545 e. The molecule has 0 heterocycles. The van der Waals surface area contributed by atoms with E-state index >= 15 is 0 Å². The Balaban J connectivity index is 0.000000676. The van der Waals surface area contributed by atoms with Crippen LogP contribution in [0.1, 0.15) is 168 Å². The number of aromatic carboxylic acids is 4. The van der Waals surface area contributed by atoms with Gasteiger partial charge in [0.1, 0.15) is 0 Å². The van der Waals surface area contributed by atoms with Crippen molar-refractivity contribution in [3.63, 3.8) is 0 Å². The molecule has 0 aliphatic carbocycles. The number of carbonyl (C=O) groups is 4. The SMILES string of the molecule is CCC(C)c1ccccc1C(=O)[O-].CCC(C)c1ccccc1C(=O)[O-].CCC(C)c1ccccc1C(=O)[O-].CCC(C)c1ccccc1C(=O)[O-].[Pb]. The number of hydrogen-bond donors (Lipinski definition) is 0. The smallest absolute Gasteiger partial charge is 0.0718 e. The number of carboxylic acids is 4. The van der Waals surface area contributed by atoms with Crippen LogP contribution >= 0.6 is 0 Å². The average molecular weight is 916 g/mol. The molecule has 0 fully saturated rings. The van der Waals surface area contributed by atoms with Gasteiger partial charge in [0.15, 0.2) is 0 Å². The van der Waals surface area contributed by atoms with Crippen molar-refractivity contribution in [3.05, 3.63) is 142 Å². The van der Waals surface area contributed by atoms with E-state index in [-0.39, 0.29) is 51.0 Å². The van der Waals surface area contributed by atoms with E-state index in [1.807, 2.05) is 104 Å². The summed E-state index contributed by atoms with van der Waals surface area (Å²) in [5.74, 6) is -3.26. The summed E-state index contributed by atoms with van der Waals surface area (Å²) in [6.45, 7) is 16.2. The quantitative estimate of drug-likeness (QED) is 0.160. The molecule has 0 bridgehead atoms. The molecule has 0 N–H and O–H groups in total. The van der Waals surface area contributed by atoms with E-state index in [2.05, 4.69) is 0 Å². The predicted octanol–water partition coefficient (Wildman–Crippen LogP) is 5.87. The van der Waals surface area contributed by atoms with E-state index < -0.39 is 23.9 Å².